The zero-order valence-electron chi connectivity index (χ0n) is 17.0. The molecule has 152 valence electrons. The van der Waals surface area contributed by atoms with Crippen LogP contribution in [0.15, 0.2) is 36.0 Å². The van der Waals surface area contributed by atoms with Crippen LogP contribution >= 0.6 is 0 Å². The molecule has 1 saturated carbocycles. The van der Waals surface area contributed by atoms with Gasteiger partial charge in [-0.15, -0.1) is 0 Å². The highest BCUT2D eigenvalue weighted by molar-refractivity contribution is 6.31. The fourth-order valence-electron chi connectivity index (χ4n) is 4.41. The summed E-state index contributed by atoms with van der Waals surface area (Å²) in [5, 5.41) is 3.36. The lowest BCUT2D eigenvalue weighted by atomic mass is 9.93. The molecule has 1 N–H and O–H groups in total. The van der Waals surface area contributed by atoms with E-state index < -0.39 is 17.8 Å². The van der Waals surface area contributed by atoms with Crippen LogP contribution in [-0.4, -0.2) is 33.4 Å². The number of barbiturate groups is 1. The summed E-state index contributed by atoms with van der Waals surface area (Å²) in [5.41, 5.74) is 1.91. The average molecular weight is 393 g/mol. The molecule has 2 aromatic rings. The molecule has 1 aliphatic heterocycles. The molecule has 1 unspecified atom stereocenters. The smallest absolute Gasteiger partial charge is 0.331 e. The number of rotatable bonds is 4. The van der Waals surface area contributed by atoms with E-state index in [9.17, 15) is 14.4 Å². The van der Waals surface area contributed by atoms with Crippen LogP contribution in [0.2, 0.25) is 0 Å². The van der Waals surface area contributed by atoms with Gasteiger partial charge in [0, 0.05) is 34.7 Å². The second kappa shape index (κ2) is 7.85. The lowest BCUT2D eigenvalue weighted by Crippen LogP contribution is -2.58. The van der Waals surface area contributed by atoms with Crippen LogP contribution < -0.4 is 5.32 Å². The Morgan fingerprint density at radius 3 is 2.59 bits per heavy atom. The first-order valence-corrected chi connectivity index (χ1v) is 10.5. The number of hydrogen-bond acceptors (Lipinski definition) is 3. The van der Waals surface area contributed by atoms with E-state index in [2.05, 4.69) is 23.7 Å². The van der Waals surface area contributed by atoms with E-state index in [-0.39, 0.29) is 11.6 Å². The molecule has 4 amide bonds. The third kappa shape index (κ3) is 3.48. The zero-order chi connectivity index (χ0) is 20.5. The number of carbonyl (C=O) groups excluding carboxylic acids is 3. The molecule has 4 rings (SSSR count). The van der Waals surface area contributed by atoms with Gasteiger partial charge in [0.25, 0.3) is 11.8 Å². The van der Waals surface area contributed by atoms with Crippen molar-refractivity contribution in [3.05, 3.63) is 41.6 Å². The van der Waals surface area contributed by atoms with E-state index in [0.29, 0.717) is 6.04 Å². The third-order valence-corrected chi connectivity index (χ3v) is 6.21. The maximum atomic E-state index is 13.2. The van der Waals surface area contributed by atoms with Crippen LogP contribution in [0.1, 0.15) is 64.0 Å². The van der Waals surface area contributed by atoms with Gasteiger partial charge in [0.1, 0.15) is 5.57 Å². The molecule has 1 aliphatic carbocycles. The highest BCUT2D eigenvalue weighted by Gasteiger charge is 2.40. The van der Waals surface area contributed by atoms with E-state index in [1.165, 1.54) is 4.90 Å². The fraction of sp³-hybridized carbons (Fsp3) is 0.435. The molecule has 29 heavy (non-hydrogen) atoms. The van der Waals surface area contributed by atoms with Crippen LogP contribution in [0.5, 0.6) is 0 Å². The summed E-state index contributed by atoms with van der Waals surface area (Å²) in [6.45, 7) is 4.27. The van der Waals surface area contributed by atoms with Gasteiger partial charge in [-0.05, 0) is 38.3 Å². The number of benzene rings is 1. The number of fused-ring (bicyclic) bond motifs is 1. The summed E-state index contributed by atoms with van der Waals surface area (Å²) >= 11 is 0. The number of nitrogens with one attached hydrogen (secondary N) is 1. The predicted octanol–water partition coefficient (Wildman–Crippen LogP) is 4.41. The van der Waals surface area contributed by atoms with Gasteiger partial charge in [-0.3, -0.25) is 19.8 Å². The van der Waals surface area contributed by atoms with Gasteiger partial charge in [-0.2, -0.15) is 0 Å². The van der Waals surface area contributed by atoms with Crippen LogP contribution in [0.3, 0.4) is 0 Å². The largest absolute Gasteiger partial charge is 0.344 e. The highest BCUT2D eigenvalue weighted by Crippen LogP contribution is 2.30. The first kappa shape index (κ1) is 19.4. The van der Waals surface area contributed by atoms with Crippen molar-refractivity contribution < 1.29 is 14.4 Å². The predicted molar refractivity (Wildman–Crippen MR) is 112 cm³/mol. The number of nitrogens with zero attached hydrogens (tertiary/aromatic N) is 2. The molecular weight excluding hydrogens is 366 g/mol. The van der Waals surface area contributed by atoms with Gasteiger partial charge >= 0.3 is 6.03 Å². The summed E-state index contributed by atoms with van der Waals surface area (Å²) in [6.07, 6.45) is 9.32. The Hall–Kier alpha value is -2.89. The number of urea groups is 1. The molecule has 0 spiro atoms. The lowest BCUT2D eigenvalue weighted by Gasteiger charge is -2.35. The fourth-order valence-corrected chi connectivity index (χ4v) is 4.41. The molecule has 1 atom stereocenters. The Labute approximate surface area is 170 Å². The van der Waals surface area contributed by atoms with E-state index in [0.717, 1.165) is 55.0 Å². The van der Waals surface area contributed by atoms with Crippen LogP contribution in [0.4, 0.5) is 4.79 Å². The van der Waals surface area contributed by atoms with Crippen molar-refractivity contribution in [1.29, 1.82) is 0 Å². The number of aromatic nitrogens is 1. The Morgan fingerprint density at radius 1 is 1.14 bits per heavy atom. The summed E-state index contributed by atoms with van der Waals surface area (Å²) < 4.78 is 2.18. The number of para-hydroxylation sites is 1. The number of imide groups is 2. The minimum absolute atomic E-state index is 0.0298. The minimum atomic E-state index is -0.618. The molecule has 1 aromatic heterocycles. The van der Waals surface area contributed by atoms with E-state index in [4.69, 9.17) is 0 Å². The summed E-state index contributed by atoms with van der Waals surface area (Å²) in [7, 11) is 0. The van der Waals surface area contributed by atoms with E-state index in [1.807, 2.05) is 30.5 Å². The molecule has 2 heterocycles. The van der Waals surface area contributed by atoms with E-state index >= 15 is 0 Å². The van der Waals surface area contributed by atoms with Gasteiger partial charge in [-0.1, -0.05) is 44.4 Å². The van der Waals surface area contributed by atoms with Crippen molar-refractivity contribution in [2.45, 2.75) is 64.5 Å². The van der Waals surface area contributed by atoms with Crippen LogP contribution in [-0.2, 0) is 9.59 Å². The summed E-state index contributed by atoms with van der Waals surface area (Å²) in [5.74, 6) is -1.10. The minimum Gasteiger partial charge on any atom is -0.344 e. The molecule has 1 saturated heterocycles. The Balaban J connectivity index is 1.76. The SMILES string of the molecule is CCC(C)n1cc(C=C2C(=O)NC(=O)N(C3CCCCC3)C2=O)c2ccccc21. The molecule has 0 bridgehead atoms. The van der Waals surface area contributed by atoms with Crippen molar-refractivity contribution in [2.24, 2.45) is 0 Å². The van der Waals surface area contributed by atoms with Crippen molar-refractivity contribution in [3.63, 3.8) is 0 Å². The second-order valence-corrected chi connectivity index (χ2v) is 8.05. The maximum absolute atomic E-state index is 13.2. The Morgan fingerprint density at radius 2 is 1.86 bits per heavy atom. The summed E-state index contributed by atoms with van der Waals surface area (Å²) in [6, 6.07) is 7.55. The van der Waals surface area contributed by atoms with Gasteiger partial charge in [0.15, 0.2) is 0 Å². The number of carbonyl (C=O) groups is 3. The third-order valence-electron chi connectivity index (χ3n) is 6.21. The standard InChI is InChI=1S/C23H27N3O3/c1-3-15(2)25-14-16(18-11-7-8-12-20(18)25)13-19-21(27)24-23(29)26(22(19)28)17-9-5-4-6-10-17/h7-8,11-15,17H,3-6,9-10H2,1-2H3,(H,24,27,29). The topological polar surface area (TPSA) is 71.4 Å². The molecule has 0 radical (unpaired) electrons. The lowest BCUT2D eigenvalue weighted by molar-refractivity contribution is -0.132. The quantitative estimate of drug-likeness (QED) is 0.618. The number of hydrogen-bond donors (Lipinski definition) is 1. The first-order chi connectivity index (χ1) is 14.0. The summed E-state index contributed by atoms with van der Waals surface area (Å²) in [4.78, 5) is 39.3. The Kier molecular flexibility index (Phi) is 5.26. The molecule has 6 nitrogen and oxygen atoms in total. The Bertz CT molecular complexity index is 998. The zero-order valence-corrected chi connectivity index (χ0v) is 17.0. The van der Waals surface area contributed by atoms with Crippen LogP contribution in [0, 0.1) is 0 Å². The van der Waals surface area contributed by atoms with Gasteiger partial charge in [0.05, 0.1) is 0 Å². The number of amides is 4. The molecule has 2 fully saturated rings. The van der Waals surface area contributed by atoms with E-state index in [1.54, 1.807) is 6.08 Å². The maximum Gasteiger partial charge on any atom is 0.331 e. The van der Waals surface area contributed by atoms with Crippen molar-refractivity contribution in [3.8, 4) is 0 Å². The first-order valence-electron chi connectivity index (χ1n) is 10.5. The highest BCUT2D eigenvalue weighted by atomic mass is 16.2. The van der Waals surface area contributed by atoms with Crippen LogP contribution in [0.25, 0.3) is 17.0 Å². The normalized spacial score (nSPS) is 21.1. The van der Waals surface area contributed by atoms with Crippen molar-refractivity contribution in [2.75, 3.05) is 0 Å². The second-order valence-electron chi connectivity index (χ2n) is 8.05. The molecule has 1 aromatic carbocycles. The van der Waals surface area contributed by atoms with Crippen molar-refractivity contribution >= 4 is 34.8 Å². The molecule has 6 heteroatoms. The van der Waals surface area contributed by atoms with Gasteiger partial charge in [-0.25, -0.2) is 4.79 Å². The average Bonchev–Trinajstić information content (AvgIpc) is 3.10. The monoisotopic (exact) mass is 393 g/mol. The van der Waals surface area contributed by atoms with Crippen molar-refractivity contribution in [1.82, 2.24) is 14.8 Å². The molecule has 2 aliphatic rings. The molecular formula is C23H27N3O3. The van der Waals surface area contributed by atoms with Gasteiger partial charge in [0.2, 0.25) is 0 Å². The van der Waals surface area contributed by atoms with Gasteiger partial charge < -0.3 is 4.57 Å².